The molecule has 2 rings (SSSR count). The quantitative estimate of drug-likeness (QED) is 0.110. The summed E-state index contributed by atoms with van der Waals surface area (Å²) < 4.78 is 5.97. The Balaban J connectivity index is 2.60. The van der Waals surface area contributed by atoms with E-state index in [-0.39, 0.29) is 25.2 Å². The van der Waals surface area contributed by atoms with Gasteiger partial charge >= 0.3 is 5.97 Å². The fraction of sp³-hybridized carbons (Fsp3) is 0.684. The van der Waals surface area contributed by atoms with E-state index in [0.717, 1.165) is 25.7 Å². The fourth-order valence-electron chi connectivity index (χ4n) is 5.95. The lowest BCUT2D eigenvalue weighted by molar-refractivity contribution is -0.156. The van der Waals surface area contributed by atoms with Gasteiger partial charge in [-0.3, -0.25) is 24.0 Å². The minimum atomic E-state index is -1.59. The molecule has 0 saturated carbocycles. The number of unbranched alkanes of at least 4 members (excludes halogenated alkanes) is 4. The van der Waals surface area contributed by atoms with Crippen molar-refractivity contribution in [3.05, 3.63) is 35.9 Å². The van der Waals surface area contributed by atoms with Crippen molar-refractivity contribution < 1.29 is 43.7 Å². The molecule has 1 aromatic rings. The molecule has 1 aliphatic heterocycles. The predicted octanol–water partition coefficient (Wildman–Crippen LogP) is 1.79. The number of hydrogen-bond donors (Lipinski definition) is 7. The van der Waals surface area contributed by atoms with Gasteiger partial charge in [0.25, 0.3) is 0 Å². The van der Waals surface area contributed by atoms with E-state index in [9.17, 15) is 39.0 Å². The van der Waals surface area contributed by atoms with E-state index < -0.39 is 90.4 Å². The van der Waals surface area contributed by atoms with E-state index in [4.69, 9.17) is 4.74 Å². The average Bonchev–Trinajstić information content (AvgIpc) is 3.09. The molecule has 8 atom stereocenters. The van der Waals surface area contributed by atoms with Crippen LogP contribution in [-0.4, -0.2) is 94.7 Å². The minimum absolute atomic E-state index is 0.00822. The van der Waals surface area contributed by atoms with Gasteiger partial charge < -0.3 is 41.5 Å². The number of rotatable bonds is 14. The van der Waals surface area contributed by atoms with Gasteiger partial charge in [0.05, 0.1) is 19.1 Å². The van der Waals surface area contributed by atoms with Gasteiger partial charge in [0.1, 0.15) is 36.3 Å². The Morgan fingerprint density at radius 1 is 0.731 bits per heavy atom. The highest BCUT2D eigenvalue weighted by molar-refractivity contribution is 5.96. The first kappa shape index (κ1) is 44.1. The molecule has 1 aliphatic rings. The van der Waals surface area contributed by atoms with Gasteiger partial charge in [-0.15, -0.1) is 0 Å². The lowest BCUT2D eigenvalue weighted by Gasteiger charge is -2.29. The van der Waals surface area contributed by atoms with Gasteiger partial charge in [0.15, 0.2) is 0 Å². The Morgan fingerprint density at radius 2 is 1.33 bits per heavy atom. The zero-order valence-corrected chi connectivity index (χ0v) is 31.6. The SMILES string of the molecule is CCCCCCC[C@@H]1CC(=O)N[C@H](CC(C)C)C(=O)N[C@@H](CO)C(=O)N[C@@H]([C@@H](C)O)C(=O)N[C@H](Cc2ccccc2)C(=O)N[C@@H]([C@@H](C)CC)C(=O)O1. The van der Waals surface area contributed by atoms with E-state index in [1.54, 1.807) is 37.3 Å². The van der Waals surface area contributed by atoms with Gasteiger partial charge in [-0.25, -0.2) is 4.79 Å². The van der Waals surface area contributed by atoms with E-state index in [2.05, 4.69) is 33.5 Å². The maximum Gasteiger partial charge on any atom is 0.329 e. The molecule has 0 aromatic heterocycles. The lowest BCUT2D eigenvalue weighted by Crippen LogP contribution is -2.62. The van der Waals surface area contributed by atoms with Crippen LogP contribution in [0.4, 0.5) is 0 Å². The van der Waals surface area contributed by atoms with Crippen LogP contribution in [0.3, 0.4) is 0 Å². The zero-order chi connectivity index (χ0) is 38.8. The van der Waals surface area contributed by atoms with Crippen LogP contribution < -0.4 is 26.6 Å². The molecule has 52 heavy (non-hydrogen) atoms. The van der Waals surface area contributed by atoms with Gasteiger partial charge in [-0.2, -0.15) is 0 Å². The van der Waals surface area contributed by atoms with Crippen LogP contribution >= 0.6 is 0 Å². The molecule has 292 valence electrons. The second-order valence-corrected chi connectivity index (χ2v) is 14.3. The van der Waals surface area contributed by atoms with Crippen LogP contribution in [0.1, 0.15) is 105 Å². The Kier molecular flexibility index (Phi) is 19.3. The number of nitrogens with one attached hydrogen (secondary N) is 5. The van der Waals surface area contributed by atoms with E-state index in [0.29, 0.717) is 24.8 Å². The van der Waals surface area contributed by atoms with Crippen molar-refractivity contribution in [2.24, 2.45) is 11.8 Å². The number of hydrogen-bond acceptors (Lipinski definition) is 9. The molecule has 14 nitrogen and oxygen atoms in total. The largest absolute Gasteiger partial charge is 0.460 e. The molecule has 1 saturated heterocycles. The topological polar surface area (TPSA) is 212 Å². The number of amides is 5. The Morgan fingerprint density at radius 3 is 1.92 bits per heavy atom. The molecule has 1 heterocycles. The van der Waals surface area contributed by atoms with Gasteiger partial charge in [0, 0.05) is 6.42 Å². The maximum atomic E-state index is 14.0. The number of benzene rings is 1. The second kappa shape index (κ2) is 22.8. The van der Waals surface area contributed by atoms with Crippen molar-refractivity contribution in [1.82, 2.24) is 26.6 Å². The summed E-state index contributed by atoms with van der Waals surface area (Å²) in [5.74, 6) is -5.04. The van der Waals surface area contributed by atoms with Crippen LogP contribution in [0.25, 0.3) is 0 Å². The smallest absolute Gasteiger partial charge is 0.329 e. The molecule has 7 N–H and O–H groups in total. The van der Waals surface area contributed by atoms with Crippen LogP contribution in [0, 0.1) is 11.8 Å². The van der Waals surface area contributed by atoms with Crippen LogP contribution in [0.5, 0.6) is 0 Å². The van der Waals surface area contributed by atoms with Gasteiger partial charge in [-0.1, -0.05) is 97.1 Å². The monoisotopic (exact) mass is 731 g/mol. The molecule has 0 radical (unpaired) electrons. The summed E-state index contributed by atoms with van der Waals surface area (Å²) in [5.41, 5.74) is 0.690. The third kappa shape index (κ3) is 14.9. The summed E-state index contributed by atoms with van der Waals surface area (Å²) in [6.45, 7) is 9.86. The number of esters is 1. The normalized spacial score (nSPS) is 25.6. The number of cyclic esters (lactones) is 1. The fourth-order valence-corrected chi connectivity index (χ4v) is 5.95. The summed E-state index contributed by atoms with van der Waals surface area (Å²) in [6, 6.07) is 2.26. The molecular weight excluding hydrogens is 670 g/mol. The first-order valence-corrected chi connectivity index (χ1v) is 18.7. The molecule has 0 unspecified atom stereocenters. The summed E-state index contributed by atoms with van der Waals surface area (Å²) in [4.78, 5) is 81.7. The molecule has 1 fully saturated rings. The Labute approximate surface area is 308 Å². The maximum absolute atomic E-state index is 14.0. The molecule has 0 bridgehead atoms. The molecular formula is C38H61N5O9. The van der Waals surface area contributed by atoms with Crippen molar-refractivity contribution in [2.45, 2.75) is 148 Å². The van der Waals surface area contributed by atoms with Crippen molar-refractivity contribution in [2.75, 3.05) is 6.61 Å². The van der Waals surface area contributed by atoms with E-state index in [1.807, 2.05) is 20.8 Å². The first-order chi connectivity index (χ1) is 24.7. The number of ether oxygens (including phenoxy) is 1. The standard InChI is InChI=1S/C38H61N5O9/c1-7-9-10-11-15-18-27-21-31(46)39-28(19-23(3)4)34(47)41-30(22-44)36(49)43-33(25(6)45)37(50)40-29(20-26-16-13-12-14-17-26)35(48)42-32(24(5)8-2)38(51)52-27/h12-14,16-17,23-25,27-30,32-33,44-45H,7-11,15,18-22H2,1-6H3,(H,39,46)(H,40,50)(H,41,47)(H,42,48)(H,43,49)/t24-,25+,27+,28+,29+,30-,32-,33-/m0/s1. The van der Waals surface area contributed by atoms with Gasteiger partial charge in [-0.05, 0) is 43.6 Å². The summed E-state index contributed by atoms with van der Waals surface area (Å²) in [5, 5.41) is 33.6. The predicted molar refractivity (Wildman–Crippen MR) is 195 cm³/mol. The third-order valence-corrected chi connectivity index (χ3v) is 9.24. The molecule has 14 heteroatoms. The highest BCUT2D eigenvalue weighted by Gasteiger charge is 2.36. The number of aliphatic hydroxyl groups excluding tert-OH is 2. The summed E-state index contributed by atoms with van der Waals surface area (Å²) in [7, 11) is 0. The molecule has 0 aliphatic carbocycles. The Bertz CT molecular complexity index is 1310. The summed E-state index contributed by atoms with van der Waals surface area (Å²) >= 11 is 0. The van der Waals surface area contributed by atoms with Crippen LogP contribution in [0.2, 0.25) is 0 Å². The molecule has 1 aromatic carbocycles. The minimum Gasteiger partial charge on any atom is -0.460 e. The third-order valence-electron chi connectivity index (χ3n) is 9.24. The number of aliphatic hydroxyl groups is 2. The Hall–Kier alpha value is -4.04. The van der Waals surface area contributed by atoms with E-state index in [1.165, 1.54) is 6.92 Å². The van der Waals surface area contributed by atoms with Crippen molar-refractivity contribution in [3.63, 3.8) is 0 Å². The highest BCUT2D eigenvalue weighted by atomic mass is 16.5. The summed E-state index contributed by atoms with van der Waals surface area (Å²) in [6.07, 6.45) is 3.15. The van der Waals surface area contributed by atoms with Crippen molar-refractivity contribution >= 4 is 35.5 Å². The highest BCUT2D eigenvalue weighted by Crippen LogP contribution is 2.18. The average molecular weight is 732 g/mol. The second-order valence-electron chi connectivity index (χ2n) is 14.3. The lowest BCUT2D eigenvalue weighted by atomic mass is 9.97. The van der Waals surface area contributed by atoms with Crippen molar-refractivity contribution in [1.29, 1.82) is 0 Å². The van der Waals surface area contributed by atoms with Crippen molar-refractivity contribution in [3.8, 4) is 0 Å². The van der Waals surface area contributed by atoms with E-state index >= 15 is 0 Å². The number of carbonyl (C=O) groups excluding carboxylic acids is 6. The molecule has 5 amide bonds. The zero-order valence-electron chi connectivity index (χ0n) is 31.6. The van der Waals surface area contributed by atoms with Crippen LogP contribution in [0.15, 0.2) is 30.3 Å². The molecule has 0 spiro atoms. The first-order valence-electron chi connectivity index (χ1n) is 18.7. The van der Waals surface area contributed by atoms with Crippen LogP contribution in [-0.2, 0) is 39.9 Å². The van der Waals surface area contributed by atoms with Gasteiger partial charge in [0.2, 0.25) is 29.5 Å². The number of carbonyl (C=O) groups is 6.